The Morgan fingerprint density at radius 2 is 0.769 bits per heavy atom. The fraction of sp³-hybridized carbons (Fsp3) is 0. The third-order valence-corrected chi connectivity index (χ3v) is 0. The van der Waals surface area contributed by atoms with Gasteiger partial charge in [0.2, 0.25) is 0 Å². The minimum Gasteiger partial charge on any atom is -0.326 e. The van der Waals surface area contributed by atoms with Gasteiger partial charge in [0.05, 0.1) is 0 Å². The van der Waals surface area contributed by atoms with Crippen LogP contribution in [0, 0.1) is 0 Å². The van der Waals surface area contributed by atoms with Crippen LogP contribution in [0.5, 0.6) is 0 Å². The summed E-state index contributed by atoms with van der Waals surface area (Å²) in [4.78, 5) is 28.6. The van der Waals surface area contributed by atoms with Gasteiger partial charge in [0, 0.05) is 0 Å². The zero-order chi connectivity index (χ0) is 11.7. The highest BCUT2D eigenvalue weighted by atomic mass is 32.3. The molecule has 13 heteroatoms. The molecule has 0 aromatic rings. The standard InChI is InChI=1S/H2O4S.2H3O3P/c1-5(2,3)4;2*1-4(2)3/h(H2,1,2,3,4);2*4H,(H2,1,2,3). The van der Waals surface area contributed by atoms with Crippen molar-refractivity contribution in [3.05, 3.63) is 0 Å². The molecule has 0 aromatic heterocycles. The molecule has 0 heterocycles. The molecule has 10 nitrogen and oxygen atoms in total. The summed E-state index contributed by atoms with van der Waals surface area (Å²) in [5, 5.41) is 0. The zero-order valence-electron chi connectivity index (χ0n) is 5.72. The maximum atomic E-state index is 8.74. The van der Waals surface area contributed by atoms with Crippen LogP contribution >= 0.6 is 16.5 Å². The van der Waals surface area contributed by atoms with E-state index in [0.717, 1.165) is 0 Å². The first kappa shape index (κ1) is 18.9. The highest BCUT2D eigenvalue weighted by molar-refractivity contribution is 7.79. The van der Waals surface area contributed by atoms with Crippen molar-refractivity contribution < 1.29 is 46.2 Å². The lowest BCUT2D eigenvalue weighted by molar-refractivity contribution is 0.380. The van der Waals surface area contributed by atoms with Gasteiger partial charge in [0.1, 0.15) is 0 Å². The molecule has 0 saturated heterocycles. The lowest BCUT2D eigenvalue weighted by Crippen LogP contribution is -1.89. The van der Waals surface area contributed by atoms with Crippen LogP contribution in [-0.2, 0) is 19.5 Å². The van der Waals surface area contributed by atoms with Crippen LogP contribution in [-0.4, -0.2) is 37.1 Å². The van der Waals surface area contributed by atoms with E-state index in [1.54, 1.807) is 0 Å². The van der Waals surface area contributed by atoms with Crippen LogP contribution in [0.15, 0.2) is 0 Å². The average Bonchev–Trinajstić information content (AvgIpc) is 1.50. The Kier molecular flexibility index (Phi) is 14.9. The molecule has 0 radical (unpaired) electrons. The van der Waals surface area contributed by atoms with Crippen molar-refractivity contribution in [2.75, 3.05) is 0 Å². The van der Waals surface area contributed by atoms with E-state index in [-0.39, 0.29) is 0 Å². The summed E-state index contributed by atoms with van der Waals surface area (Å²) in [6.45, 7) is 0. The molecular weight excluding hydrogens is 254 g/mol. The molecule has 0 aliphatic carbocycles. The van der Waals surface area contributed by atoms with E-state index in [0.29, 0.717) is 0 Å². The molecule has 0 atom stereocenters. The Hall–Kier alpha value is 0.170. The summed E-state index contributed by atoms with van der Waals surface area (Å²) in [7, 11) is -10.9. The first-order chi connectivity index (χ1) is 5.46. The molecule has 0 amide bonds. The van der Waals surface area contributed by atoms with Crippen molar-refractivity contribution in [1.29, 1.82) is 0 Å². The van der Waals surface area contributed by atoms with E-state index in [4.69, 9.17) is 46.2 Å². The van der Waals surface area contributed by atoms with E-state index >= 15 is 0 Å². The summed E-state index contributed by atoms with van der Waals surface area (Å²) in [5.74, 6) is 0. The summed E-state index contributed by atoms with van der Waals surface area (Å²) < 4.78 is 49.1. The highest BCUT2D eigenvalue weighted by Crippen LogP contribution is 1.98. The maximum Gasteiger partial charge on any atom is 0.394 e. The van der Waals surface area contributed by atoms with Crippen molar-refractivity contribution >= 4 is 26.9 Å². The number of rotatable bonds is 0. The Morgan fingerprint density at radius 1 is 0.769 bits per heavy atom. The third-order valence-electron chi connectivity index (χ3n) is 0. The minimum atomic E-state index is -4.67. The normalized spacial score (nSPS) is 9.85. The fourth-order valence-corrected chi connectivity index (χ4v) is 0. The Morgan fingerprint density at radius 3 is 0.769 bits per heavy atom. The second-order valence-electron chi connectivity index (χ2n) is 1.01. The lowest BCUT2D eigenvalue weighted by Gasteiger charge is -1.68. The number of hydrogen-bond donors (Lipinski definition) is 6. The van der Waals surface area contributed by atoms with Crippen molar-refractivity contribution in [2.45, 2.75) is 0 Å². The molecule has 0 rings (SSSR count). The molecule has 0 aliphatic heterocycles. The molecule has 13 heavy (non-hydrogen) atoms. The molecule has 0 aromatic carbocycles. The molecule has 0 unspecified atom stereocenters. The molecule has 0 fully saturated rings. The Bertz CT molecular complexity index is 208. The molecular formula is H8O10P2S. The van der Waals surface area contributed by atoms with Gasteiger partial charge in [-0.2, -0.15) is 8.42 Å². The van der Waals surface area contributed by atoms with Crippen molar-refractivity contribution in [2.24, 2.45) is 0 Å². The van der Waals surface area contributed by atoms with Gasteiger partial charge < -0.3 is 19.6 Å². The van der Waals surface area contributed by atoms with Crippen molar-refractivity contribution in [3.63, 3.8) is 0 Å². The predicted molar refractivity (Wildman–Crippen MR) is 41.1 cm³/mol. The predicted octanol–water partition coefficient (Wildman–Crippen LogP) is -1.93. The quantitative estimate of drug-likeness (QED) is 0.211. The van der Waals surface area contributed by atoms with E-state index in [2.05, 4.69) is 0 Å². The minimum absolute atomic E-state index is 3.13. The van der Waals surface area contributed by atoms with Gasteiger partial charge in [-0.15, -0.1) is 0 Å². The summed E-state index contributed by atoms with van der Waals surface area (Å²) in [6.07, 6.45) is 0. The Labute approximate surface area is 74.0 Å². The van der Waals surface area contributed by atoms with Gasteiger partial charge in [0.25, 0.3) is 0 Å². The largest absolute Gasteiger partial charge is 0.394 e. The van der Waals surface area contributed by atoms with Crippen LogP contribution in [0.1, 0.15) is 0 Å². The maximum absolute atomic E-state index is 8.74. The van der Waals surface area contributed by atoms with Gasteiger partial charge in [-0.05, 0) is 0 Å². The summed E-state index contributed by atoms with van der Waals surface area (Å²) >= 11 is 0. The molecule has 0 spiro atoms. The molecule has 0 aliphatic rings. The van der Waals surface area contributed by atoms with Crippen LogP contribution < -0.4 is 0 Å². The van der Waals surface area contributed by atoms with Gasteiger partial charge in [-0.1, -0.05) is 0 Å². The first-order valence-electron chi connectivity index (χ1n) is 2.00. The topological polar surface area (TPSA) is 190 Å². The monoisotopic (exact) mass is 262 g/mol. The number of hydrogen-bond acceptors (Lipinski definition) is 4. The second kappa shape index (κ2) is 10.3. The van der Waals surface area contributed by atoms with Crippen LogP contribution in [0.25, 0.3) is 0 Å². The van der Waals surface area contributed by atoms with E-state index in [9.17, 15) is 0 Å². The molecule has 0 saturated carbocycles. The van der Waals surface area contributed by atoms with Gasteiger partial charge in [-0.3, -0.25) is 18.2 Å². The van der Waals surface area contributed by atoms with Crippen LogP contribution in [0.3, 0.4) is 0 Å². The van der Waals surface area contributed by atoms with E-state index in [1.165, 1.54) is 0 Å². The van der Waals surface area contributed by atoms with Crippen LogP contribution in [0.4, 0.5) is 0 Å². The van der Waals surface area contributed by atoms with Crippen molar-refractivity contribution in [1.82, 2.24) is 0 Å². The SMILES string of the molecule is O=S(=O)(O)O.O=[PH](O)O.O=[PH](O)O. The third kappa shape index (κ3) is 43600. The zero-order valence-corrected chi connectivity index (χ0v) is 8.54. The van der Waals surface area contributed by atoms with E-state index < -0.39 is 26.9 Å². The lowest BCUT2D eigenvalue weighted by atomic mass is 15.8. The molecule has 6 N–H and O–H groups in total. The summed E-state index contributed by atoms with van der Waals surface area (Å²) in [5.41, 5.74) is 0. The van der Waals surface area contributed by atoms with Gasteiger partial charge in [0.15, 0.2) is 0 Å². The van der Waals surface area contributed by atoms with Crippen molar-refractivity contribution in [3.8, 4) is 0 Å². The average molecular weight is 262 g/mol. The second-order valence-corrected chi connectivity index (χ2v) is 3.04. The van der Waals surface area contributed by atoms with E-state index in [1.807, 2.05) is 0 Å². The highest BCUT2D eigenvalue weighted by Gasteiger charge is 1.84. The van der Waals surface area contributed by atoms with Crippen LogP contribution in [0.2, 0.25) is 0 Å². The fourth-order valence-electron chi connectivity index (χ4n) is 0. The van der Waals surface area contributed by atoms with Gasteiger partial charge in [-0.25, -0.2) is 0 Å². The van der Waals surface area contributed by atoms with Gasteiger partial charge >= 0.3 is 26.9 Å². The smallest absolute Gasteiger partial charge is 0.326 e. The molecule has 84 valence electrons. The molecule has 0 bridgehead atoms. The first-order valence-corrected chi connectivity index (χ1v) is 6.00. The summed E-state index contributed by atoms with van der Waals surface area (Å²) in [6, 6.07) is 0. The Balaban J connectivity index is -0.000000117.